The zero-order valence-corrected chi connectivity index (χ0v) is 21.3. The fourth-order valence-electron chi connectivity index (χ4n) is 4.26. The summed E-state index contributed by atoms with van der Waals surface area (Å²) < 4.78 is 2.17. The standard InChI is InChI=1S/C29H33N5O3/c1-3-5-11-26-33-27-24(16-17-25(31-27)32-29(37)30-18-6-4-2)34(26)19-20-12-14-21(15-13-20)22-9-7-8-10-23(22)28(35)36/h7-10,12-17H,3-6,11,18-19H2,1-2H3,(H,35,36)(H2,30,31,32,37). The summed E-state index contributed by atoms with van der Waals surface area (Å²) in [7, 11) is 0. The molecule has 0 fully saturated rings. The molecule has 2 heterocycles. The second-order valence-electron chi connectivity index (χ2n) is 9.04. The zero-order chi connectivity index (χ0) is 26.2. The van der Waals surface area contributed by atoms with Gasteiger partial charge in [-0.2, -0.15) is 0 Å². The van der Waals surface area contributed by atoms with Gasteiger partial charge in [-0.05, 0) is 47.7 Å². The Morgan fingerprint density at radius 3 is 2.41 bits per heavy atom. The molecule has 37 heavy (non-hydrogen) atoms. The number of hydrogen-bond acceptors (Lipinski definition) is 4. The van der Waals surface area contributed by atoms with E-state index in [2.05, 4.69) is 34.0 Å². The van der Waals surface area contributed by atoms with Crippen LogP contribution >= 0.6 is 0 Å². The Morgan fingerprint density at radius 2 is 1.68 bits per heavy atom. The summed E-state index contributed by atoms with van der Waals surface area (Å²) in [6, 6.07) is 18.5. The molecule has 4 aromatic rings. The molecule has 3 N–H and O–H groups in total. The van der Waals surface area contributed by atoms with Crippen molar-refractivity contribution in [2.45, 2.75) is 52.5 Å². The number of aromatic carboxylic acids is 1. The lowest BCUT2D eigenvalue weighted by Gasteiger charge is -2.11. The summed E-state index contributed by atoms with van der Waals surface area (Å²) >= 11 is 0. The van der Waals surface area contributed by atoms with Crippen molar-refractivity contribution in [2.24, 2.45) is 0 Å². The van der Waals surface area contributed by atoms with Gasteiger partial charge in [0.15, 0.2) is 5.65 Å². The number of benzene rings is 2. The fourth-order valence-corrected chi connectivity index (χ4v) is 4.26. The Bertz CT molecular complexity index is 1380. The largest absolute Gasteiger partial charge is 0.478 e. The lowest BCUT2D eigenvalue weighted by Crippen LogP contribution is -2.29. The van der Waals surface area contributed by atoms with Crippen molar-refractivity contribution in [1.29, 1.82) is 0 Å². The minimum atomic E-state index is -0.940. The molecule has 0 aliphatic rings. The van der Waals surface area contributed by atoms with E-state index in [1.54, 1.807) is 18.2 Å². The van der Waals surface area contributed by atoms with Gasteiger partial charge in [-0.25, -0.2) is 19.6 Å². The Balaban J connectivity index is 1.58. The minimum absolute atomic E-state index is 0.268. The van der Waals surface area contributed by atoms with Crippen LogP contribution in [0, 0.1) is 0 Å². The van der Waals surface area contributed by atoms with E-state index < -0.39 is 5.97 Å². The molecular weight excluding hydrogens is 466 g/mol. The number of rotatable bonds is 11. The second-order valence-corrected chi connectivity index (χ2v) is 9.04. The third-order valence-corrected chi connectivity index (χ3v) is 6.27. The van der Waals surface area contributed by atoms with E-state index in [4.69, 9.17) is 4.98 Å². The molecule has 2 aromatic heterocycles. The maximum Gasteiger partial charge on any atom is 0.336 e. The van der Waals surface area contributed by atoms with Gasteiger partial charge in [0.1, 0.15) is 11.6 Å². The van der Waals surface area contributed by atoms with Crippen LogP contribution in [-0.2, 0) is 13.0 Å². The van der Waals surface area contributed by atoms with Crippen molar-refractivity contribution in [3.05, 3.63) is 77.6 Å². The molecule has 0 aliphatic carbocycles. The number of unbranched alkanes of at least 4 members (excludes halogenated alkanes) is 2. The van der Waals surface area contributed by atoms with Crippen molar-refractivity contribution in [2.75, 3.05) is 11.9 Å². The van der Waals surface area contributed by atoms with E-state index in [0.717, 1.165) is 54.6 Å². The highest BCUT2D eigenvalue weighted by Crippen LogP contribution is 2.25. The predicted octanol–water partition coefficient (Wildman–Crippen LogP) is 6.11. The second kappa shape index (κ2) is 12.2. The van der Waals surface area contributed by atoms with Crippen LogP contribution in [0.3, 0.4) is 0 Å². The van der Waals surface area contributed by atoms with Crippen LogP contribution in [0.5, 0.6) is 0 Å². The highest BCUT2D eigenvalue weighted by Gasteiger charge is 2.15. The number of fused-ring (bicyclic) bond motifs is 1. The number of carboxylic acids is 1. The molecule has 0 spiro atoms. The maximum absolute atomic E-state index is 12.1. The van der Waals surface area contributed by atoms with Crippen molar-refractivity contribution in [1.82, 2.24) is 19.9 Å². The van der Waals surface area contributed by atoms with E-state index in [0.29, 0.717) is 30.1 Å². The predicted molar refractivity (Wildman–Crippen MR) is 146 cm³/mol. The summed E-state index contributed by atoms with van der Waals surface area (Å²) in [5.74, 6) is 0.480. The van der Waals surface area contributed by atoms with Crippen molar-refractivity contribution in [3.8, 4) is 11.1 Å². The number of nitrogens with one attached hydrogen (secondary N) is 2. The van der Waals surface area contributed by atoms with Crippen molar-refractivity contribution >= 4 is 29.0 Å². The maximum atomic E-state index is 12.1. The summed E-state index contributed by atoms with van der Waals surface area (Å²) in [6.07, 6.45) is 4.84. The number of pyridine rings is 1. The molecule has 0 unspecified atom stereocenters. The zero-order valence-electron chi connectivity index (χ0n) is 21.3. The summed E-state index contributed by atoms with van der Waals surface area (Å²) in [6.45, 7) is 5.47. The average Bonchev–Trinajstić information content (AvgIpc) is 3.24. The molecule has 0 saturated heterocycles. The molecule has 192 valence electrons. The molecule has 0 atom stereocenters. The normalized spacial score (nSPS) is 11.0. The first kappa shape index (κ1) is 25.9. The molecule has 8 nitrogen and oxygen atoms in total. The van der Waals surface area contributed by atoms with Crippen molar-refractivity contribution in [3.63, 3.8) is 0 Å². The molecule has 8 heteroatoms. The van der Waals surface area contributed by atoms with Gasteiger partial charge in [-0.15, -0.1) is 0 Å². The third-order valence-electron chi connectivity index (χ3n) is 6.27. The number of urea groups is 1. The number of nitrogens with zero attached hydrogens (tertiary/aromatic N) is 3. The number of carbonyl (C=O) groups excluding carboxylic acids is 1. The molecule has 0 saturated carbocycles. The number of amides is 2. The van der Waals surface area contributed by atoms with E-state index in [1.165, 1.54) is 0 Å². The number of imidazole rings is 1. The van der Waals surface area contributed by atoms with Gasteiger partial charge >= 0.3 is 12.0 Å². The molecule has 2 amide bonds. The number of aromatic nitrogens is 3. The van der Waals surface area contributed by atoms with E-state index in [1.807, 2.05) is 42.5 Å². The van der Waals surface area contributed by atoms with Crippen LogP contribution in [-0.4, -0.2) is 38.2 Å². The third kappa shape index (κ3) is 6.33. The Hall–Kier alpha value is -4.20. The number of carboxylic acid groups (broad SMARTS) is 1. The Morgan fingerprint density at radius 1 is 0.919 bits per heavy atom. The first-order chi connectivity index (χ1) is 18.0. The molecule has 2 aromatic carbocycles. The monoisotopic (exact) mass is 499 g/mol. The molecular formula is C29H33N5O3. The average molecular weight is 500 g/mol. The van der Waals surface area contributed by atoms with Crippen LogP contribution in [0.1, 0.15) is 61.3 Å². The van der Waals surface area contributed by atoms with Crippen LogP contribution in [0.25, 0.3) is 22.3 Å². The van der Waals surface area contributed by atoms with Crippen molar-refractivity contribution < 1.29 is 14.7 Å². The first-order valence-electron chi connectivity index (χ1n) is 12.8. The van der Waals surface area contributed by atoms with Gasteiger partial charge in [0, 0.05) is 19.5 Å². The van der Waals surface area contributed by atoms with Crippen LogP contribution in [0.2, 0.25) is 0 Å². The van der Waals surface area contributed by atoms with E-state index in [9.17, 15) is 14.7 Å². The van der Waals surface area contributed by atoms with Gasteiger partial charge < -0.3 is 15.0 Å². The van der Waals surface area contributed by atoms with Gasteiger partial charge in [0.25, 0.3) is 0 Å². The molecule has 0 radical (unpaired) electrons. The number of aryl methyl sites for hydroxylation is 1. The molecule has 0 bridgehead atoms. The Labute approximate surface area is 216 Å². The number of carbonyl (C=O) groups is 2. The summed E-state index contributed by atoms with van der Waals surface area (Å²) in [5.41, 5.74) is 4.42. The van der Waals surface area contributed by atoms with Crippen LogP contribution in [0.15, 0.2) is 60.7 Å². The highest BCUT2D eigenvalue weighted by molar-refractivity contribution is 5.96. The minimum Gasteiger partial charge on any atom is -0.478 e. The van der Waals surface area contributed by atoms with E-state index in [-0.39, 0.29) is 11.6 Å². The van der Waals surface area contributed by atoms with Gasteiger partial charge in [0.2, 0.25) is 0 Å². The topological polar surface area (TPSA) is 109 Å². The molecule has 4 rings (SSSR count). The van der Waals surface area contributed by atoms with E-state index >= 15 is 0 Å². The van der Waals surface area contributed by atoms with Crippen LogP contribution in [0.4, 0.5) is 10.6 Å². The van der Waals surface area contributed by atoms with Gasteiger partial charge in [-0.1, -0.05) is 69.2 Å². The van der Waals surface area contributed by atoms with Gasteiger partial charge in [0.05, 0.1) is 11.1 Å². The summed E-state index contributed by atoms with van der Waals surface area (Å²) in [5, 5.41) is 15.2. The fraction of sp³-hybridized carbons (Fsp3) is 0.310. The summed E-state index contributed by atoms with van der Waals surface area (Å²) in [4.78, 5) is 33.2. The number of anilines is 1. The lowest BCUT2D eigenvalue weighted by molar-refractivity contribution is 0.0697. The Kier molecular flexibility index (Phi) is 8.51. The first-order valence-corrected chi connectivity index (χ1v) is 12.8. The SMILES string of the molecule is CCCCNC(=O)Nc1ccc2c(n1)nc(CCCC)n2Cc1ccc(-c2ccccc2C(=O)O)cc1. The number of hydrogen-bond donors (Lipinski definition) is 3. The lowest BCUT2D eigenvalue weighted by atomic mass is 9.99. The van der Waals surface area contributed by atoms with Gasteiger partial charge in [-0.3, -0.25) is 5.32 Å². The quantitative estimate of drug-likeness (QED) is 0.216. The highest BCUT2D eigenvalue weighted by atomic mass is 16.4. The smallest absolute Gasteiger partial charge is 0.336 e. The van der Waals surface area contributed by atoms with Crippen LogP contribution < -0.4 is 10.6 Å². The molecule has 0 aliphatic heterocycles.